The number of sulfonamides is 1. The number of ether oxygens (including phenoxy) is 1. The van der Waals surface area contributed by atoms with Gasteiger partial charge in [-0.1, -0.05) is 0 Å². The first-order valence-electron chi connectivity index (χ1n) is 6.70. The maximum atomic E-state index is 12.2. The number of fused-ring (bicyclic) bond motifs is 1. The Morgan fingerprint density at radius 1 is 1.35 bits per heavy atom. The van der Waals surface area contributed by atoms with Crippen molar-refractivity contribution in [3.8, 4) is 0 Å². The Hall–Kier alpha value is -1.97. The Morgan fingerprint density at radius 2 is 2.04 bits per heavy atom. The largest absolute Gasteiger partial charge is 0.480 e. The van der Waals surface area contributed by atoms with E-state index in [1.165, 1.54) is 30.4 Å². The fourth-order valence-corrected chi connectivity index (χ4v) is 4.01. The number of benzene rings is 1. The van der Waals surface area contributed by atoms with Crippen LogP contribution >= 0.6 is 11.3 Å². The van der Waals surface area contributed by atoms with Gasteiger partial charge in [0.15, 0.2) is 0 Å². The third-order valence-electron chi connectivity index (χ3n) is 2.98. The van der Waals surface area contributed by atoms with Crippen LogP contribution < -0.4 is 4.72 Å². The summed E-state index contributed by atoms with van der Waals surface area (Å²) >= 11 is 1.20. The average molecular weight is 357 g/mol. The van der Waals surface area contributed by atoms with Crippen LogP contribution in [0.25, 0.3) is 10.1 Å². The van der Waals surface area contributed by atoms with Gasteiger partial charge in [0.25, 0.3) is 0 Å². The van der Waals surface area contributed by atoms with Gasteiger partial charge >= 0.3 is 11.9 Å². The zero-order valence-electron chi connectivity index (χ0n) is 12.4. The predicted octanol–water partition coefficient (Wildman–Crippen LogP) is 1.83. The number of hydrogen-bond acceptors (Lipinski definition) is 6. The number of thiophene rings is 1. The number of carbonyl (C=O) groups excluding carboxylic acids is 1. The van der Waals surface area contributed by atoms with E-state index in [0.29, 0.717) is 10.3 Å². The number of carboxylic acids is 1. The highest BCUT2D eigenvalue weighted by Crippen LogP contribution is 2.28. The smallest absolute Gasteiger partial charge is 0.348 e. The Labute approximate surface area is 136 Å². The SMILES string of the molecule is CCOC(=O)c1cc2cc(S(=O)(=O)N[C@@H](C)C(=O)O)ccc2s1. The molecule has 124 valence electrons. The Balaban J connectivity index is 2.36. The summed E-state index contributed by atoms with van der Waals surface area (Å²) in [4.78, 5) is 22.8. The minimum absolute atomic E-state index is 0.0636. The highest BCUT2D eigenvalue weighted by atomic mass is 32.2. The molecule has 2 N–H and O–H groups in total. The van der Waals surface area contributed by atoms with Crippen molar-refractivity contribution in [3.05, 3.63) is 29.1 Å². The van der Waals surface area contributed by atoms with Crippen LogP contribution in [-0.2, 0) is 19.6 Å². The zero-order chi connectivity index (χ0) is 17.2. The van der Waals surface area contributed by atoms with Crippen LogP contribution in [0.15, 0.2) is 29.2 Å². The second-order valence-electron chi connectivity index (χ2n) is 4.71. The molecule has 0 bridgehead atoms. The van der Waals surface area contributed by atoms with Crippen molar-refractivity contribution < 1.29 is 27.9 Å². The van der Waals surface area contributed by atoms with Gasteiger partial charge in [0.2, 0.25) is 10.0 Å². The molecule has 1 aromatic heterocycles. The van der Waals surface area contributed by atoms with Gasteiger partial charge < -0.3 is 9.84 Å². The molecule has 9 heteroatoms. The minimum Gasteiger partial charge on any atom is -0.480 e. The molecule has 2 rings (SSSR count). The molecule has 0 fully saturated rings. The van der Waals surface area contributed by atoms with Crippen molar-refractivity contribution in [2.45, 2.75) is 24.8 Å². The second kappa shape index (κ2) is 6.65. The third-order valence-corrected chi connectivity index (χ3v) is 5.61. The van der Waals surface area contributed by atoms with Gasteiger partial charge in [-0.05, 0) is 43.5 Å². The van der Waals surface area contributed by atoms with E-state index >= 15 is 0 Å². The van der Waals surface area contributed by atoms with Crippen molar-refractivity contribution in [2.24, 2.45) is 0 Å². The van der Waals surface area contributed by atoms with Crippen LogP contribution in [0.1, 0.15) is 23.5 Å². The quantitative estimate of drug-likeness (QED) is 0.763. The summed E-state index contributed by atoms with van der Waals surface area (Å²) < 4.78 is 32.1. The van der Waals surface area contributed by atoms with Gasteiger partial charge in [0.1, 0.15) is 10.9 Å². The van der Waals surface area contributed by atoms with Crippen LogP contribution in [0.5, 0.6) is 0 Å². The molecule has 7 nitrogen and oxygen atoms in total. The first kappa shape index (κ1) is 17.4. The summed E-state index contributed by atoms with van der Waals surface area (Å²) in [6.07, 6.45) is 0. The van der Waals surface area contributed by atoms with Crippen molar-refractivity contribution >= 4 is 43.4 Å². The van der Waals surface area contributed by atoms with E-state index in [4.69, 9.17) is 9.84 Å². The maximum Gasteiger partial charge on any atom is 0.348 e. The van der Waals surface area contributed by atoms with E-state index in [9.17, 15) is 18.0 Å². The monoisotopic (exact) mass is 357 g/mol. The molecule has 23 heavy (non-hydrogen) atoms. The van der Waals surface area contributed by atoms with E-state index in [1.807, 2.05) is 0 Å². The van der Waals surface area contributed by atoms with Crippen molar-refractivity contribution in [2.75, 3.05) is 6.61 Å². The van der Waals surface area contributed by atoms with Gasteiger partial charge in [-0.3, -0.25) is 4.79 Å². The Kier molecular flexibility index (Phi) is 5.03. The van der Waals surface area contributed by atoms with Crippen LogP contribution in [0, 0.1) is 0 Å². The molecule has 2 aromatic rings. The number of rotatable bonds is 6. The van der Waals surface area contributed by atoms with Crippen molar-refractivity contribution in [3.63, 3.8) is 0 Å². The van der Waals surface area contributed by atoms with E-state index in [1.54, 1.807) is 19.1 Å². The summed E-state index contributed by atoms with van der Waals surface area (Å²) in [5, 5.41) is 9.38. The fraction of sp³-hybridized carbons (Fsp3) is 0.286. The molecule has 0 amide bonds. The Morgan fingerprint density at radius 3 is 2.65 bits per heavy atom. The summed E-state index contributed by atoms with van der Waals surface area (Å²) in [5.41, 5.74) is 0. The molecule has 1 aromatic carbocycles. The van der Waals surface area contributed by atoms with E-state index in [2.05, 4.69) is 4.72 Å². The van der Waals surface area contributed by atoms with Crippen LogP contribution in [0.3, 0.4) is 0 Å². The highest BCUT2D eigenvalue weighted by Gasteiger charge is 2.22. The average Bonchev–Trinajstić information content (AvgIpc) is 2.90. The van der Waals surface area contributed by atoms with Crippen molar-refractivity contribution in [1.29, 1.82) is 0 Å². The number of carboxylic acid groups (broad SMARTS) is 1. The van der Waals surface area contributed by atoms with Gasteiger partial charge in [0, 0.05) is 4.70 Å². The molecule has 0 spiro atoms. The molecule has 1 heterocycles. The van der Waals surface area contributed by atoms with E-state index in [-0.39, 0.29) is 11.5 Å². The summed E-state index contributed by atoms with van der Waals surface area (Å²) in [6, 6.07) is 4.64. The molecule has 0 saturated heterocycles. The van der Waals surface area contributed by atoms with Gasteiger partial charge in [-0.25, -0.2) is 13.2 Å². The lowest BCUT2D eigenvalue weighted by atomic mass is 10.2. The van der Waals surface area contributed by atoms with Crippen LogP contribution in [-0.4, -0.2) is 38.1 Å². The molecule has 0 radical (unpaired) electrons. The normalized spacial score (nSPS) is 13.0. The number of aliphatic carboxylic acids is 1. The molecule has 0 saturated carbocycles. The van der Waals surface area contributed by atoms with Gasteiger partial charge in [0.05, 0.1) is 11.5 Å². The lowest BCUT2D eigenvalue weighted by Crippen LogP contribution is -2.38. The second-order valence-corrected chi connectivity index (χ2v) is 7.51. The number of carbonyl (C=O) groups is 2. The van der Waals surface area contributed by atoms with Crippen molar-refractivity contribution in [1.82, 2.24) is 4.72 Å². The van der Waals surface area contributed by atoms with Gasteiger partial charge in [-0.15, -0.1) is 11.3 Å². The maximum absolute atomic E-state index is 12.2. The summed E-state index contributed by atoms with van der Waals surface area (Å²) in [6.45, 7) is 3.19. The Bertz CT molecular complexity index is 855. The number of esters is 1. The van der Waals surface area contributed by atoms with Gasteiger partial charge in [-0.2, -0.15) is 4.72 Å². The number of hydrogen-bond donors (Lipinski definition) is 2. The molecule has 1 atom stereocenters. The lowest BCUT2D eigenvalue weighted by molar-refractivity contribution is -0.138. The first-order chi connectivity index (χ1) is 10.7. The van der Waals surface area contributed by atoms with Crippen LogP contribution in [0.2, 0.25) is 0 Å². The number of nitrogens with one attached hydrogen (secondary N) is 1. The molecule has 0 aliphatic heterocycles. The van der Waals surface area contributed by atoms with E-state index < -0.39 is 28.0 Å². The highest BCUT2D eigenvalue weighted by molar-refractivity contribution is 7.89. The lowest BCUT2D eigenvalue weighted by Gasteiger charge is -2.10. The molecule has 0 aliphatic carbocycles. The fourth-order valence-electron chi connectivity index (χ4n) is 1.84. The summed E-state index contributed by atoms with van der Waals surface area (Å²) in [7, 11) is -3.96. The topological polar surface area (TPSA) is 110 Å². The zero-order valence-corrected chi connectivity index (χ0v) is 14.0. The van der Waals surface area contributed by atoms with E-state index in [0.717, 1.165) is 4.70 Å². The minimum atomic E-state index is -3.96. The molecule has 0 aliphatic rings. The standard InChI is InChI=1S/C14H15NO6S2/c1-3-21-14(18)12-7-9-6-10(4-5-11(9)22-12)23(19,20)15-8(2)13(16)17/h4-8,15H,3H2,1-2H3,(H,16,17)/t8-/m0/s1. The molecular formula is C14H15NO6S2. The third kappa shape index (κ3) is 3.87. The predicted molar refractivity (Wildman–Crippen MR) is 85.2 cm³/mol. The first-order valence-corrected chi connectivity index (χ1v) is 9.00. The summed E-state index contributed by atoms with van der Waals surface area (Å²) in [5.74, 6) is -1.73. The molecular weight excluding hydrogens is 342 g/mol. The van der Waals surface area contributed by atoms with Crippen LogP contribution in [0.4, 0.5) is 0 Å². The molecule has 0 unspecified atom stereocenters.